The van der Waals surface area contributed by atoms with Gasteiger partial charge in [0, 0.05) is 18.1 Å². The van der Waals surface area contributed by atoms with Gasteiger partial charge in [0.15, 0.2) is 0 Å². The number of likely N-dealkylation sites (N-methyl/N-ethyl adjacent to an activating group) is 1. The third-order valence-electron chi connectivity index (χ3n) is 6.23. The van der Waals surface area contributed by atoms with E-state index in [-0.39, 0.29) is 17.3 Å². The highest BCUT2D eigenvalue weighted by Crippen LogP contribution is 2.26. The van der Waals surface area contributed by atoms with Gasteiger partial charge in [0.05, 0.1) is 17.7 Å². The Morgan fingerprint density at radius 1 is 1.00 bits per heavy atom. The van der Waals surface area contributed by atoms with E-state index < -0.39 is 28.5 Å². The fourth-order valence-corrected chi connectivity index (χ4v) is 5.69. The van der Waals surface area contributed by atoms with E-state index in [9.17, 15) is 18.0 Å². The number of rotatable bonds is 12. The Balaban J connectivity index is 2.06. The van der Waals surface area contributed by atoms with E-state index >= 15 is 0 Å². The van der Waals surface area contributed by atoms with Crippen molar-refractivity contribution in [2.45, 2.75) is 44.7 Å². The largest absolute Gasteiger partial charge is 0.497 e. The van der Waals surface area contributed by atoms with Crippen LogP contribution in [0.4, 0.5) is 5.69 Å². The molecule has 1 atom stereocenters. The molecular weight excluding hydrogens is 538 g/mol. The first-order chi connectivity index (χ1) is 18.6. The number of hydrogen-bond donors (Lipinski definition) is 1. The molecule has 0 fully saturated rings. The maximum Gasteiger partial charge on any atom is 0.264 e. The Labute approximate surface area is 235 Å². The van der Waals surface area contributed by atoms with Crippen LogP contribution in [-0.2, 0) is 26.2 Å². The lowest BCUT2D eigenvalue weighted by Crippen LogP contribution is -2.52. The Morgan fingerprint density at radius 3 is 2.26 bits per heavy atom. The maximum absolute atomic E-state index is 14.0. The van der Waals surface area contributed by atoms with E-state index in [1.165, 1.54) is 29.2 Å². The van der Waals surface area contributed by atoms with Crippen LogP contribution >= 0.6 is 11.6 Å². The fraction of sp³-hybridized carbons (Fsp3) is 0.310. The Bertz CT molecular complexity index is 1380. The maximum atomic E-state index is 14.0. The number of amides is 2. The number of ether oxygens (including phenoxy) is 1. The number of nitrogens with one attached hydrogen (secondary N) is 1. The normalized spacial score (nSPS) is 11.9. The number of methoxy groups -OCH3 is 1. The van der Waals surface area contributed by atoms with Crippen molar-refractivity contribution in [2.75, 3.05) is 24.5 Å². The molecule has 39 heavy (non-hydrogen) atoms. The number of carbonyl (C=O) groups is 2. The highest BCUT2D eigenvalue weighted by molar-refractivity contribution is 7.92. The van der Waals surface area contributed by atoms with E-state index in [0.717, 1.165) is 15.4 Å². The van der Waals surface area contributed by atoms with E-state index in [0.29, 0.717) is 29.4 Å². The molecule has 208 valence electrons. The predicted molar refractivity (Wildman–Crippen MR) is 153 cm³/mol. The average molecular weight is 572 g/mol. The summed E-state index contributed by atoms with van der Waals surface area (Å²) >= 11 is 5.99. The van der Waals surface area contributed by atoms with Crippen molar-refractivity contribution >= 4 is 39.1 Å². The van der Waals surface area contributed by atoms with Gasteiger partial charge in [-0.1, -0.05) is 48.4 Å². The lowest BCUT2D eigenvalue weighted by Gasteiger charge is -2.33. The molecule has 3 aromatic rings. The molecule has 0 unspecified atom stereocenters. The number of benzene rings is 3. The van der Waals surface area contributed by atoms with E-state index in [1.54, 1.807) is 56.5 Å². The molecule has 0 aliphatic heterocycles. The zero-order valence-corrected chi connectivity index (χ0v) is 24.1. The zero-order chi connectivity index (χ0) is 28.6. The second-order valence-electron chi connectivity index (χ2n) is 8.99. The summed E-state index contributed by atoms with van der Waals surface area (Å²) in [5.74, 6) is -0.217. The van der Waals surface area contributed by atoms with Crippen molar-refractivity contribution in [3.8, 4) is 5.75 Å². The minimum atomic E-state index is -4.15. The summed E-state index contributed by atoms with van der Waals surface area (Å²) in [7, 11) is -2.60. The molecular formula is C29H34ClN3O5S. The standard InChI is InChI=1S/C29H34ClN3O5S/c1-5-27(29(35)31-6-2)32(19-22-8-7-9-25(18-22)38-4)28(34)20-33(24-14-10-21(3)11-15-24)39(36,37)26-16-12-23(30)13-17-26/h7-18,27H,5-6,19-20H2,1-4H3,(H,31,35)/t27-/m1/s1. The van der Waals surface area contributed by atoms with Crippen molar-refractivity contribution in [1.82, 2.24) is 10.2 Å². The molecule has 0 aromatic heterocycles. The Hall–Kier alpha value is -3.56. The van der Waals surface area contributed by atoms with Gasteiger partial charge in [0.2, 0.25) is 11.8 Å². The number of hydrogen-bond acceptors (Lipinski definition) is 5. The fourth-order valence-electron chi connectivity index (χ4n) is 4.15. The van der Waals surface area contributed by atoms with E-state index in [2.05, 4.69) is 5.32 Å². The van der Waals surface area contributed by atoms with Gasteiger partial charge >= 0.3 is 0 Å². The number of nitrogens with zero attached hydrogens (tertiary/aromatic N) is 2. The summed E-state index contributed by atoms with van der Waals surface area (Å²) in [4.78, 5) is 28.4. The molecule has 0 spiro atoms. The van der Waals surface area contributed by atoms with E-state index in [4.69, 9.17) is 16.3 Å². The number of anilines is 1. The Morgan fingerprint density at radius 2 is 1.67 bits per heavy atom. The molecule has 2 amide bonds. The number of carbonyl (C=O) groups excluding carboxylic acids is 2. The SMILES string of the molecule is CCNC(=O)[C@@H](CC)N(Cc1cccc(OC)c1)C(=O)CN(c1ccc(C)cc1)S(=O)(=O)c1ccc(Cl)cc1. The molecule has 0 radical (unpaired) electrons. The quantitative estimate of drug-likeness (QED) is 0.337. The summed E-state index contributed by atoms with van der Waals surface area (Å²) in [5.41, 5.74) is 2.01. The summed E-state index contributed by atoms with van der Waals surface area (Å²) < 4.78 is 34.0. The number of aryl methyl sites for hydroxylation is 1. The van der Waals surface area contributed by atoms with Crippen molar-refractivity contribution in [2.24, 2.45) is 0 Å². The predicted octanol–water partition coefficient (Wildman–Crippen LogP) is 4.80. The summed E-state index contributed by atoms with van der Waals surface area (Å²) in [6.45, 7) is 5.49. The minimum absolute atomic E-state index is 0.00427. The van der Waals surface area contributed by atoms with Crippen molar-refractivity contribution in [3.05, 3.63) is 88.9 Å². The van der Waals surface area contributed by atoms with Crippen LogP contribution in [0.1, 0.15) is 31.4 Å². The molecule has 0 saturated heterocycles. The highest BCUT2D eigenvalue weighted by Gasteiger charge is 2.33. The van der Waals surface area contributed by atoms with Crippen molar-refractivity contribution in [3.63, 3.8) is 0 Å². The molecule has 1 N–H and O–H groups in total. The van der Waals surface area contributed by atoms with Crippen LogP contribution in [0.2, 0.25) is 5.02 Å². The van der Waals surface area contributed by atoms with Crippen LogP contribution in [0.15, 0.2) is 77.7 Å². The topological polar surface area (TPSA) is 96.0 Å². The highest BCUT2D eigenvalue weighted by atomic mass is 35.5. The first-order valence-corrected chi connectivity index (χ1v) is 14.5. The van der Waals surface area contributed by atoms with Crippen molar-refractivity contribution < 1.29 is 22.7 Å². The van der Waals surface area contributed by atoms with Gasteiger partial charge in [-0.15, -0.1) is 0 Å². The molecule has 0 bridgehead atoms. The average Bonchev–Trinajstić information content (AvgIpc) is 2.92. The third-order valence-corrected chi connectivity index (χ3v) is 8.27. The van der Waals surface area contributed by atoms with Crippen LogP contribution in [0.25, 0.3) is 0 Å². The third kappa shape index (κ3) is 7.52. The second-order valence-corrected chi connectivity index (χ2v) is 11.3. The van der Waals surface area contributed by atoms with Crippen LogP contribution < -0.4 is 14.4 Å². The molecule has 8 nitrogen and oxygen atoms in total. The summed E-state index contributed by atoms with van der Waals surface area (Å²) in [6, 6.07) is 19.0. The first-order valence-electron chi connectivity index (χ1n) is 12.7. The molecule has 0 aliphatic rings. The van der Waals surface area contributed by atoms with Gasteiger partial charge in [-0.2, -0.15) is 0 Å². The molecule has 0 aliphatic carbocycles. The first kappa shape index (κ1) is 30.0. The van der Waals surface area contributed by atoms with Gasteiger partial charge in [-0.3, -0.25) is 13.9 Å². The van der Waals surface area contributed by atoms with Gasteiger partial charge in [-0.05, 0) is 74.4 Å². The van der Waals surface area contributed by atoms with Gasteiger partial charge in [0.25, 0.3) is 10.0 Å². The second kappa shape index (κ2) is 13.5. The Kier molecular flexibility index (Phi) is 10.4. The van der Waals surface area contributed by atoms with Crippen LogP contribution in [0, 0.1) is 6.92 Å². The van der Waals surface area contributed by atoms with E-state index in [1.807, 2.05) is 19.9 Å². The molecule has 10 heteroatoms. The molecule has 3 rings (SSSR count). The van der Waals surface area contributed by atoms with Crippen LogP contribution in [-0.4, -0.2) is 51.4 Å². The number of halogens is 1. The van der Waals surface area contributed by atoms with Crippen LogP contribution in [0.5, 0.6) is 5.75 Å². The molecule has 3 aromatic carbocycles. The lowest BCUT2D eigenvalue weighted by atomic mass is 10.1. The lowest BCUT2D eigenvalue weighted by molar-refractivity contribution is -0.140. The molecule has 0 saturated carbocycles. The monoisotopic (exact) mass is 571 g/mol. The van der Waals surface area contributed by atoms with Gasteiger partial charge in [-0.25, -0.2) is 8.42 Å². The summed E-state index contributed by atoms with van der Waals surface area (Å²) in [5, 5.41) is 3.18. The van der Waals surface area contributed by atoms with Gasteiger partial charge in [0.1, 0.15) is 18.3 Å². The zero-order valence-electron chi connectivity index (χ0n) is 22.6. The summed E-state index contributed by atoms with van der Waals surface area (Å²) in [6.07, 6.45) is 0.343. The minimum Gasteiger partial charge on any atom is -0.497 e. The smallest absolute Gasteiger partial charge is 0.264 e. The van der Waals surface area contributed by atoms with Crippen molar-refractivity contribution in [1.29, 1.82) is 0 Å². The number of sulfonamides is 1. The van der Waals surface area contributed by atoms with Crippen LogP contribution in [0.3, 0.4) is 0 Å². The molecule has 0 heterocycles. The van der Waals surface area contributed by atoms with Gasteiger partial charge < -0.3 is 15.0 Å².